The van der Waals surface area contributed by atoms with E-state index in [1.54, 1.807) is 29.3 Å². The van der Waals surface area contributed by atoms with Crippen molar-refractivity contribution in [1.29, 1.82) is 0 Å². The van der Waals surface area contributed by atoms with Gasteiger partial charge < -0.3 is 10.6 Å². The average Bonchev–Trinajstić information content (AvgIpc) is 3.48. The monoisotopic (exact) mass is 469 g/mol. The summed E-state index contributed by atoms with van der Waals surface area (Å²) >= 11 is 0. The lowest BCUT2D eigenvalue weighted by Crippen LogP contribution is -2.62. The first-order chi connectivity index (χ1) is 16.3. The summed E-state index contributed by atoms with van der Waals surface area (Å²) < 4.78 is 41.6. The first kappa shape index (κ1) is 22.3. The quantitative estimate of drug-likeness (QED) is 0.557. The summed E-state index contributed by atoms with van der Waals surface area (Å²) in [5.41, 5.74) is 14.6. The Morgan fingerprint density at radius 3 is 2.59 bits per heavy atom. The lowest BCUT2D eigenvalue weighted by molar-refractivity contribution is -0.158. The molecule has 0 spiro atoms. The summed E-state index contributed by atoms with van der Waals surface area (Å²) in [5.74, 6) is 7.05. The molecular formula is C22H22F3N9. The molecule has 12 heteroatoms. The molecule has 3 aromatic rings. The van der Waals surface area contributed by atoms with Crippen molar-refractivity contribution >= 4 is 5.69 Å². The molecule has 34 heavy (non-hydrogen) atoms. The predicted molar refractivity (Wildman–Crippen MR) is 117 cm³/mol. The fraction of sp³-hybridized carbons (Fsp3) is 0.364. The third-order valence-electron chi connectivity index (χ3n) is 5.67. The number of anilines is 1. The molecule has 4 N–H and O–H groups in total. The Balaban J connectivity index is 1.47. The van der Waals surface area contributed by atoms with Crippen LogP contribution < -0.4 is 16.4 Å². The van der Waals surface area contributed by atoms with E-state index in [9.17, 15) is 13.2 Å². The van der Waals surface area contributed by atoms with Crippen LogP contribution in [0.5, 0.6) is 0 Å². The number of nitrogens with two attached hydrogens (primary N) is 2. The van der Waals surface area contributed by atoms with E-state index in [2.05, 4.69) is 31.9 Å². The minimum atomic E-state index is -4.48. The van der Waals surface area contributed by atoms with Crippen LogP contribution in [0.15, 0.2) is 43.1 Å². The highest BCUT2D eigenvalue weighted by atomic mass is 19.4. The standard InChI is InChI=1S/C22H22F3N9/c23-22(24,25)11-33-20(26)19-17(7-6-16(31-19)5-3-14-1-2-14)32(21(33)27)10-15-4-8-18(29-9-15)34-13-28-12-30-34/h4,6-9,12-14,20-21H,1-2,10-11,26-27H2. The molecule has 176 valence electrons. The van der Waals surface area contributed by atoms with Crippen molar-refractivity contribution in [2.75, 3.05) is 11.4 Å². The Bertz CT molecular complexity index is 1210. The topological polar surface area (TPSA) is 115 Å². The Labute approximate surface area is 193 Å². The van der Waals surface area contributed by atoms with Gasteiger partial charge in [-0.05, 0) is 42.5 Å². The van der Waals surface area contributed by atoms with Gasteiger partial charge in [-0.15, -0.1) is 0 Å². The van der Waals surface area contributed by atoms with Crippen molar-refractivity contribution in [1.82, 2.24) is 29.6 Å². The zero-order chi connectivity index (χ0) is 23.9. The van der Waals surface area contributed by atoms with Crippen LogP contribution in [0.3, 0.4) is 0 Å². The van der Waals surface area contributed by atoms with E-state index in [4.69, 9.17) is 11.5 Å². The highest BCUT2D eigenvalue weighted by Crippen LogP contribution is 2.36. The van der Waals surface area contributed by atoms with E-state index >= 15 is 0 Å². The zero-order valence-corrected chi connectivity index (χ0v) is 18.0. The van der Waals surface area contributed by atoms with Crippen LogP contribution in [0, 0.1) is 17.8 Å². The van der Waals surface area contributed by atoms with Crippen LogP contribution in [0.1, 0.15) is 36.0 Å². The molecule has 5 rings (SSSR count). The van der Waals surface area contributed by atoms with Gasteiger partial charge in [-0.3, -0.25) is 5.73 Å². The second-order valence-corrected chi connectivity index (χ2v) is 8.28. The van der Waals surface area contributed by atoms with E-state index in [1.165, 1.54) is 17.3 Å². The minimum absolute atomic E-state index is 0.203. The molecule has 1 aliphatic carbocycles. The Morgan fingerprint density at radius 2 is 1.94 bits per heavy atom. The molecule has 0 amide bonds. The van der Waals surface area contributed by atoms with Gasteiger partial charge in [0.25, 0.3) is 0 Å². The highest BCUT2D eigenvalue weighted by molar-refractivity contribution is 5.56. The molecule has 0 aromatic carbocycles. The van der Waals surface area contributed by atoms with Crippen LogP contribution >= 0.6 is 0 Å². The SMILES string of the molecule is NC1c2nc(C#CC3CC3)ccc2N(Cc2ccc(-n3cncn3)nc2)C(N)N1CC(F)(F)F. The first-order valence-electron chi connectivity index (χ1n) is 10.7. The Kier molecular flexibility index (Phi) is 5.68. The number of fused-ring (bicyclic) bond motifs is 1. The van der Waals surface area contributed by atoms with E-state index in [0.717, 1.165) is 23.3 Å². The van der Waals surface area contributed by atoms with E-state index in [0.29, 0.717) is 28.8 Å². The van der Waals surface area contributed by atoms with Gasteiger partial charge in [0.1, 0.15) is 30.8 Å². The van der Waals surface area contributed by atoms with Crippen LogP contribution in [0.2, 0.25) is 0 Å². The molecular weight excluding hydrogens is 447 g/mol. The van der Waals surface area contributed by atoms with Crippen molar-refractivity contribution in [2.24, 2.45) is 17.4 Å². The minimum Gasteiger partial charge on any atom is -0.337 e. The molecule has 3 aromatic heterocycles. The van der Waals surface area contributed by atoms with Crippen LogP contribution in [0.25, 0.3) is 5.82 Å². The normalized spacial score (nSPS) is 20.6. The molecule has 9 nitrogen and oxygen atoms in total. The number of hydrogen-bond acceptors (Lipinski definition) is 8. The van der Waals surface area contributed by atoms with Gasteiger partial charge >= 0.3 is 6.18 Å². The second kappa shape index (κ2) is 8.68. The summed E-state index contributed by atoms with van der Waals surface area (Å²) in [6.45, 7) is -1.07. The summed E-state index contributed by atoms with van der Waals surface area (Å²) in [5, 5.41) is 4.03. The fourth-order valence-corrected chi connectivity index (χ4v) is 3.79. The molecule has 0 saturated heterocycles. The highest BCUT2D eigenvalue weighted by Gasteiger charge is 2.42. The van der Waals surface area contributed by atoms with Gasteiger partial charge in [0, 0.05) is 18.7 Å². The maximum Gasteiger partial charge on any atom is 0.401 e. The summed E-state index contributed by atoms with van der Waals surface area (Å²) in [4.78, 5) is 15.4. The molecule has 2 atom stereocenters. The number of rotatable bonds is 4. The molecule has 2 aliphatic rings. The van der Waals surface area contributed by atoms with E-state index in [1.807, 2.05) is 6.07 Å². The van der Waals surface area contributed by atoms with Crippen molar-refractivity contribution in [3.8, 4) is 17.7 Å². The van der Waals surface area contributed by atoms with E-state index in [-0.39, 0.29) is 6.54 Å². The predicted octanol–water partition coefficient (Wildman–Crippen LogP) is 1.90. The third-order valence-corrected chi connectivity index (χ3v) is 5.67. The number of nitrogens with zero attached hydrogens (tertiary/aromatic N) is 7. The third kappa shape index (κ3) is 4.72. The van der Waals surface area contributed by atoms with Crippen LogP contribution in [0.4, 0.5) is 18.9 Å². The van der Waals surface area contributed by atoms with Gasteiger partial charge in [-0.25, -0.2) is 24.5 Å². The van der Waals surface area contributed by atoms with Gasteiger partial charge in [0.2, 0.25) is 0 Å². The molecule has 1 fully saturated rings. The van der Waals surface area contributed by atoms with Gasteiger partial charge in [0.15, 0.2) is 5.82 Å². The smallest absolute Gasteiger partial charge is 0.337 e. The fourth-order valence-electron chi connectivity index (χ4n) is 3.79. The summed E-state index contributed by atoms with van der Waals surface area (Å²) in [6, 6.07) is 7.06. The van der Waals surface area contributed by atoms with Gasteiger partial charge in [-0.2, -0.15) is 18.3 Å². The number of alkyl halides is 3. The number of pyridine rings is 2. The summed E-state index contributed by atoms with van der Waals surface area (Å²) in [7, 11) is 0. The largest absolute Gasteiger partial charge is 0.401 e. The molecule has 4 heterocycles. The maximum atomic E-state index is 13.4. The molecule has 2 unspecified atom stereocenters. The zero-order valence-electron chi connectivity index (χ0n) is 18.0. The molecule has 0 radical (unpaired) electrons. The number of aromatic nitrogens is 5. The van der Waals surface area contributed by atoms with Crippen molar-refractivity contribution in [3.63, 3.8) is 0 Å². The lowest BCUT2D eigenvalue weighted by Gasteiger charge is -2.46. The Morgan fingerprint density at radius 1 is 1.12 bits per heavy atom. The van der Waals surface area contributed by atoms with Crippen LogP contribution in [-0.2, 0) is 6.54 Å². The number of halogens is 3. The lowest BCUT2D eigenvalue weighted by atomic mass is 10.1. The van der Waals surface area contributed by atoms with Crippen molar-refractivity contribution < 1.29 is 13.2 Å². The van der Waals surface area contributed by atoms with Gasteiger partial charge in [-0.1, -0.05) is 12.0 Å². The van der Waals surface area contributed by atoms with Gasteiger partial charge in [0.05, 0.1) is 17.9 Å². The molecule has 1 aliphatic heterocycles. The van der Waals surface area contributed by atoms with Crippen molar-refractivity contribution in [2.45, 2.75) is 38.0 Å². The first-order valence-corrected chi connectivity index (χ1v) is 10.7. The second-order valence-electron chi connectivity index (χ2n) is 8.28. The molecule has 0 bridgehead atoms. The summed E-state index contributed by atoms with van der Waals surface area (Å²) in [6.07, 6.45) is -0.0781. The van der Waals surface area contributed by atoms with Crippen molar-refractivity contribution in [3.05, 3.63) is 60.1 Å². The number of hydrogen-bond donors (Lipinski definition) is 2. The average molecular weight is 469 g/mol. The molecule has 1 saturated carbocycles. The maximum absolute atomic E-state index is 13.4. The van der Waals surface area contributed by atoms with E-state index < -0.39 is 25.2 Å². The Hall–Kier alpha value is -3.53. The van der Waals surface area contributed by atoms with Crippen LogP contribution in [-0.4, -0.2) is 48.6 Å².